The minimum Gasteiger partial charge on any atom is -0.479 e. The fraction of sp³-hybridized carbons (Fsp3) is 0.471. The second-order valence-electron chi connectivity index (χ2n) is 6.06. The van der Waals surface area contributed by atoms with Crippen LogP contribution in [0.5, 0.6) is 5.88 Å². The molecule has 0 bridgehead atoms. The SMILES string of the molecule is COc1c(C(=O)N2C[C@H](C)O[C@@H](C)C2)nnn1Cc1ccccc1. The molecule has 1 saturated heterocycles. The summed E-state index contributed by atoms with van der Waals surface area (Å²) < 4.78 is 12.7. The van der Waals surface area contributed by atoms with Crippen molar-refractivity contribution in [3.05, 3.63) is 41.6 Å². The van der Waals surface area contributed by atoms with E-state index in [4.69, 9.17) is 9.47 Å². The van der Waals surface area contributed by atoms with E-state index in [2.05, 4.69) is 10.3 Å². The van der Waals surface area contributed by atoms with Crippen molar-refractivity contribution in [3.63, 3.8) is 0 Å². The van der Waals surface area contributed by atoms with Crippen LogP contribution in [0.15, 0.2) is 30.3 Å². The van der Waals surface area contributed by atoms with E-state index in [0.717, 1.165) is 5.56 Å². The van der Waals surface area contributed by atoms with Gasteiger partial charge >= 0.3 is 0 Å². The van der Waals surface area contributed by atoms with Crippen LogP contribution >= 0.6 is 0 Å². The van der Waals surface area contributed by atoms with Crippen molar-refractivity contribution in [3.8, 4) is 5.88 Å². The number of aromatic nitrogens is 3. The Bertz CT molecular complexity index is 691. The van der Waals surface area contributed by atoms with E-state index in [0.29, 0.717) is 25.5 Å². The number of carbonyl (C=O) groups is 1. The van der Waals surface area contributed by atoms with Crippen LogP contribution in [0.4, 0.5) is 0 Å². The van der Waals surface area contributed by atoms with E-state index in [-0.39, 0.29) is 23.8 Å². The average Bonchev–Trinajstić information content (AvgIpc) is 2.96. The summed E-state index contributed by atoms with van der Waals surface area (Å²) in [4.78, 5) is 14.6. The quantitative estimate of drug-likeness (QED) is 0.851. The third kappa shape index (κ3) is 3.41. The molecular weight excluding hydrogens is 308 g/mol. The van der Waals surface area contributed by atoms with Gasteiger partial charge in [-0.15, -0.1) is 5.10 Å². The van der Waals surface area contributed by atoms with Crippen LogP contribution in [-0.2, 0) is 11.3 Å². The maximum atomic E-state index is 12.8. The smallest absolute Gasteiger partial charge is 0.280 e. The predicted molar refractivity (Wildman–Crippen MR) is 88.0 cm³/mol. The molecule has 128 valence electrons. The van der Waals surface area contributed by atoms with Crippen molar-refractivity contribution in [1.29, 1.82) is 0 Å². The van der Waals surface area contributed by atoms with Crippen LogP contribution in [0.3, 0.4) is 0 Å². The summed E-state index contributed by atoms with van der Waals surface area (Å²) in [5.41, 5.74) is 1.31. The van der Waals surface area contributed by atoms with E-state index >= 15 is 0 Å². The number of methoxy groups -OCH3 is 1. The van der Waals surface area contributed by atoms with Crippen LogP contribution in [0.2, 0.25) is 0 Å². The highest BCUT2D eigenvalue weighted by Crippen LogP contribution is 2.21. The summed E-state index contributed by atoms with van der Waals surface area (Å²) in [6.45, 7) is 5.49. The van der Waals surface area contributed by atoms with Gasteiger partial charge in [0.2, 0.25) is 11.6 Å². The van der Waals surface area contributed by atoms with Crippen molar-refractivity contribution in [2.75, 3.05) is 20.2 Å². The van der Waals surface area contributed by atoms with Crippen molar-refractivity contribution in [2.24, 2.45) is 0 Å². The molecule has 1 amide bonds. The average molecular weight is 330 g/mol. The molecule has 1 aliphatic rings. The third-order valence-electron chi connectivity index (χ3n) is 3.97. The van der Waals surface area contributed by atoms with Gasteiger partial charge in [0, 0.05) is 13.1 Å². The molecule has 1 fully saturated rings. The van der Waals surface area contributed by atoms with Gasteiger partial charge in [0.05, 0.1) is 25.9 Å². The number of hydrogen-bond donors (Lipinski definition) is 0. The zero-order valence-corrected chi connectivity index (χ0v) is 14.2. The van der Waals surface area contributed by atoms with Gasteiger partial charge < -0.3 is 14.4 Å². The van der Waals surface area contributed by atoms with Crippen molar-refractivity contribution >= 4 is 5.91 Å². The summed E-state index contributed by atoms with van der Waals surface area (Å²) in [5.74, 6) is 0.212. The van der Waals surface area contributed by atoms with E-state index in [1.54, 1.807) is 9.58 Å². The lowest BCUT2D eigenvalue weighted by Crippen LogP contribution is -2.48. The summed E-state index contributed by atoms with van der Waals surface area (Å²) in [6.07, 6.45) is 0.00566. The number of morpholine rings is 1. The molecule has 2 aromatic rings. The Kier molecular flexibility index (Phi) is 4.80. The molecule has 7 nitrogen and oxygen atoms in total. The Morgan fingerprint density at radius 1 is 1.25 bits per heavy atom. The molecular formula is C17H22N4O3. The van der Waals surface area contributed by atoms with Gasteiger partial charge in [-0.2, -0.15) is 0 Å². The van der Waals surface area contributed by atoms with Gasteiger partial charge in [0.1, 0.15) is 0 Å². The first kappa shape index (κ1) is 16.4. The summed E-state index contributed by atoms with van der Waals surface area (Å²) in [7, 11) is 1.53. The van der Waals surface area contributed by atoms with Gasteiger partial charge in [-0.3, -0.25) is 4.79 Å². The molecule has 1 aromatic heterocycles. The normalized spacial score (nSPS) is 20.9. The Labute approximate surface area is 141 Å². The summed E-state index contributed by atoms with van der Waals surface area (Å²) in [6, 6.07) is 9.86. The lowest BCUT2D eigenvalue weighted by Gasteiger charge is -2.34. The maximum absolute atomic E-state index is 12.8. The van der Waals surface area contributed by atoms with Crippen LogP contribution in [-0.4, -0.2) is 58.2 Å². The molecule has 0 N–H and O–H groups in total. The molecule has 1 aliphatic heterocycles. The Hall–Kier alpha value is -2.41. The molecule has 7 heteroatoms. The fourth-order valence-corrected chi connectivity index (χ4v) is 2.99. The van der Waals surface area contributed by atoms with E-state index in [9.17, 15) is 4.79 Å². The van der Waals surface area contributed by atoms with Crippen LogP contribution < -0.4 is 4.74 Å². The van der Waals surface area contributed by atoms with E-state index in [1.807, 2.05) is 44.2 Å². The molecule has 2 heterocycles. The van der Waals surface area contributed by atoms with E-state index < -0.39 is 0 Å². The number of amides is 1. The molecule has 0 radical (unpaired) electrons. The minimum atomic E-state index is -0.173. The van der Waals surface area contributed by atoms with E-state index in [1.165, 1.54) is 7.11 Å². The fourth-order valence-electron chi connectivity index (χ4n) is 2.99. The number of carbonyl (C=O) groups excluding carboxylic acids is 1. The number of benzene rings is 1. The molecule has 24 heavy (non-hydrogen) atoms. The number of nitrogens with zero attached hydrogens (tertiary/aromatic N) is 4. The van der Waals surface area contributed by atoms with Gasteiger partial charge in [0.25, 0.3) is 5.91 Å². The first-order chi connectivity index (χ1) is 11.6. The third-order valence-corrected chi connectivity index (χ3v) is 3.97. The van der Waals surface area contributed by atoms with Crippen LogP contribution in [0.25, 0.3) is 0 Å². The van der Waals surface area contributed by atoms with Gasteiger partial charge in [0.15, 0.2) is 0 Å². The zero-order chi connectivity index (χ0) is 17.1. The molecule has 2 atom stereocenters. The largest absolute Gasteiger partial charge is 0.479 e. The monoisotopic (exact) mass is 330 g/mol. The number of ether oxygens (including phenoxy) is 2. The standard InChI is InChI=1S/C17H22N4O3/c1-12-9-20(10-13(2)24-12)16(22)15-17(23-3)21(19-18-15)11-14-7-5-4-6-8-14/h4-8,12-13H,9-11H2,1-3H3/t12-,13-/m0/s1. The minimum absolute atomic E-state index is 0.00283. The molecule has 0 unspecified atom stereocenters. The lowest BCUT2D eigenvalue weighted by atomic mass is 10.2. The predicted octanol–water partition coefficient (Wildman–Crippen LogP) is 1.58. The first-order valence-electron chi connectivity index (χ1n) is 8.04. The highest BCUT2D eigenvalue weighted by Gasteiger charge is 2.31. The van der Waals surface area contributed by atoms with Gasteiger partial charge in [-0.1, -0.05) is 35.5 Å². The second-order valence-corrected chi connectivity index (χ2v) is 6.06. The Balaban J connectivity index is 1.82. The number of hydrogen-bond acceptors (Lipinski definition) is 5. The highest BCUT2D eigenvalue weighted by molar-refractivity contribution is 5.94. The molecule has 1 aromatic carbocycles. The topological polar surface area (TPSA) is 69.5 Å². The lowest BCUT2D eigenvalue weighted by molar-refractivity contribution is -0.0588. The Morgan fingerprint density at radius 3 is 2.54 bits per heavy atom. The van der Waals surface area contributed by atoms with Crippen LogP contribution in [0.1, 0.15) is 29.9 Å². The first-order valence-corrected chi connectivity index (χ1v) is 8.04. The zero-order valence-electron chi connectivity index (χ0n) is 14.2. The summed E-state index contributed by atoms with van der Waals surface area (Å²) >= 11 is 0. The molecule has 0 spiro atoms. The molecule has 0 saturated carbocycles. The number of rotatable bonds is 4. The van der Waals surface area contributed by atoms with Gasteiger partial charge in [-0.05, 0) is 19.4 Å². The summed E-state index contributed by atoms with van der Waals surface area (Å²) in [5, 5.41) is 8.16. The van der Waals surface area contributed by atoms with Crippen molar-refractivity contribution < 1.29 is 14.3 Å². The second kappa shape index (κ2) is 7.00. The Morgan fingerprint density at radius 2 is 1.92 bits per heavy atom. The van der Waals surface area contributed by atoms with Gasteiger partial charge in [-0.25, -0.2) is 4.68 Å². The van der Waals surface area contributed by atoms with Crippen molar-refractivity contribution in [2.45, 2.75) is 32.6 Å². The highest BCUT2D eigenvalue weighted by atomic mass is 16.5. The maximum Gasteiger partial charge on any atom is 0.280 e. The molecule has 0 aliphatic carbocycles. The molecule has 3 rings (SSSR count). The van der Waals surface area contributed by atoms with Crippen molar-refractivity contribution in [1.82, 2.24) is 19.9 Å². The van der Waals surface area contributed by atoms with Crippen LogP contribution in [0, 0.1) is 0 Å².